The van der Waals surface area contributed by atoms with Crippen LogP contribution in [0.15, 0.2) is 59.5 Å². The van der Waals surface area contributed by atoms with E-state index in [9.17, 15) is 9.59 Å². The fraction of sp³-hybridized carbons (Fsp3) is 0.111. The van der Waals surface area contributed by atoms with Crippen molar-refractivity contribution in [3.05, 3.63) is 76.2 Å². The molecule has 0 saturated carbocycles. The van der Waals surface area contributed by atoms with Crippen molar-refractivity contribution >= 4 is 16.7 Å². The van der Waals surface area contributed by atoms with Crippen molar-refractivity contribution in [1.82, 2.24) is 4.57 Å². The molecule has 0 aliphatic rings. The van der Waals surface area contributed by atoms with Crippen LogP contribution in [-0.2, 0) is 6.54 Å². The molecule has 5 nitrogen and oxygen atoms in total. The van der Waals surface area contributed by atoms with Gasteiger partial charge in [-0.15, -0.1) is 0 Å². The maximum Gasteiger partial charge on any atom is 0.341 e. The second-order valence-electron chi connectivity index (χ2n) is 5.21. The summed E-state index contributed by atoms with van der Waals surface area (Å²) in [5, 5.41) is 11.1. The number of benzene rings is 2. The molecule has 1 aromatic heterocycles. The molecular weight excluding hydrogens is 294 g/mol. The van der Waals surface area contributed by atoms with Gasteiger partial charge in [-0.1, -0.05) is 18.2 Å². The predicted octanol–water partition coefficient (Wildman–Crippen LogP) is 2.76. The van der Waals surface area contributed by atoms with Crippen LogP contribution in [0.1, 0.15) is 15.9 Å². The topological polar surface area (TPSA) is 68.5 Å². The predicted molar refractivity (Wildman–Crippen MR) is 87.3 cm³/mol. The summed E-state index contributed by atoms with van der Waals surface area (Å²) in [7, 11) is 1.62. The van der Waals surface area contributed by atoms with Crippen LogP contribution in [0.3, 0.4) is 0 Å². The molecule has 0 atom stereocenters. The Morgan fingerprint density at radius 2 is 1.87 bits per heavy atom. The Bertz CT molecular complexity index is 943. The van der Waals surface area contributed by atoms with E-state index in [-0.39, 0.29) is 5.56 Å². The number of carbonyl (C=O) groups is 1. The Morgan fingerprint density at radius 1 is 1.13 bits per heavy atom. The van der Waals surface area contributed by atoms with E-state index in [1.165, 1.54) is 10.6 Å². The molecule has 0 radical (unpaired) electrons. The van der Waals surface area contributed by atoms with Crippen molar-refractivity contribution in [3.63, 3.8) is 0 Å². The number of carboxylic acids is 1. The van der Waals surface area contributed by atoms with Gasteiger partial charge < -0.3 is 14.4 Å². The van der Waals surface area contributed by atoms with Crippen LogP contribution in [0.4, 0.5) is 0 Å². The minimum Gasteiger partial charge on any atom is -0.497 e. The highest BCUT2D eigenvalue weighted by molar-refractivity contribution is 5.87. The van der Waals surface area contributed by atoms with Gasteiger partial charge >= 0.3 is 5.97 Å². The second-order valence-corrected chi connectivity index (χ2v) is 5.21. The highest BCUT2D eigenvalue weighted by atomic mass is 16.5. The first kappa shape index (κ1) is 14.8. The quantitative estimate of drug-likeness (QED) is 0.804. The van der Waals surface area contributed by atoms with Crippen molar-refractivity contribution in [1.29, 1.82) is 0 Å². The molecule has 0 bridgehead atoms. The molecule has 0 spiro atoms. The van der Waals surface area contributed by atoms with Crippen molar-refractivity contribution in [2.45, 2.75) is 6.54 Å². The average molecular weight is 309 g/mol. The molecule has 23 heavy (non-hydrogen) atoms. The summed E-state index contributed by atoms with van der Waals surface area (Å²) in [6, 6.07) is 14.5. The fourth-order valence-electron chi connectivity index (χ4n) is 2.52. The van der Waals surface area contributed by atoms with Gasteiger partial charge in [-0.25, -0.2) is 4.79 Å². The first-order valence-electron chi connectivity index (χ1n) is 7.08. The van der Waals surface area contributed by atoms with Crippen LogP contribution in [0.25, 0.3) is 10.8 Å². The van der Waals surface area contributed by atoms with E-state index >= 15 is 0 Å². The minimum atomic E-state index is -1.21. The normalized spacial score (nSPS) is 10.7. The highest BCUT2D eigenvalue weighted by Gasteiger charge is 2.10. The Morgan fingerprint density at radius 3 is 2.61 bits per heavy atom. The summed E-state index contributed by atoms with van der Waals surface area (Å²) in [6.07, 6.45) is 1.59. The molecule has 3 aromatic rings. The third kappa shape index (κ3) is 2.94. The zero-order valence-electron chi connectivity index (χ0n) is 12.5. The molecule has 0 saturated heterocycles. The van der Waals surface area contributed by atoms with Crippen LogP contribution in [0.2, 0.25) is 0 Å². The Hall–Kier alpha value is -3.08. The maximum atomic E-state index is 12.1. The molecule has 0 fully saturated rings. The molecular formula is C18H15NO4. The highest BCUT2D eigenvalue weighted by Crippen LogP contribution is 2.22. The van der Waals surface area contributed by atoms with Crippen LogP contribution >= 0.6 is 0 Å². The number of carboxylic acid groups (broad SMARTS) is 1. The summed E-state index contributed by atoms with van der Waals surface area (Å²) < 4.78 is 6.60. The number of rotatable bonds is 4. The largest absolute Gasteiger partial charge is 0.497 e. The lowest BCUT2D eigenvalue weighted by Gasteiger charge is -2.08. The molecule has 0 aliphatic carbocycles. The molecule has 116 valence electrons. The molecule has 1 heterocycles. The molecule has 2 aromatic carbocycles. The van der Waals surface area contributed by atoms with Gasteiger partial charge in [0.05, 0.1) is 13.7 Å². The van der Waals surface area contributed by atoms with E-state index in [2.05, 4.69) is 0 Å². The molecule has 3 rings (SSSR count). The van der Waals surface area contributed by atoms with E-state index in [1.54, 1.807) is 19.4 Å². The van der Waals surface area contributed by atoms with Gasteiger partial charge in [0.25, 0.3) is 5.56 Å². The van der Waals surface area contributed by atoms with Crippen LogP contribution in [0.5, 0.6) is 5.75 Å². The number of pyridine rings is 1. The monoisotopic (exact) mass is 309 g/mol. The van der Waals surface area contributed by atoms with Crippen LogP contribution in [-0.4, -0.2) is 22.8 Å². The molecule has 0 aliphatic heterocycles. The number of aromatic carboxylic acids is 1. The molecule has 1 N–H and O–H groups in total. The summed E-state index contributed by atoms with van der Waals surface area (Å²) in [5.41, 5.74) is 0.195. The first-order valence-corrected chi connectivity index (χ1v) is 7.08. The Kier molecular flexibility index (Phi) is 3.85. The molecule has 0 unspecified atom stereocenters. The summed E-state index contributed by atoms with van der Waals surface area (Å²) >= 11 is 0. The van der Waals surface area contributed by atoms with E-state index in [1.807, 2.05) is 36.4 Å². The van der Waals surface area contributed by atoms with Gasteiger partial charge in [0.1, 0.15) is 11.3 Å². The lowest BCUT2D eigenvalue weighted by atomic mass is 10.1. The smallest absolute Gasteiger partial charge is 0.341 e. The van der Waals surface area contributed by atoms with Crippen molar-refractivity contribution in [2.24, 2.45) is 0 Å². The number of fused-ring (bicyclic) bond motifs is 1. The van der Waals surface area contributed by atoms with E-state index in [4.69, 9.17) is 9.84 Å². The fourth-order valence-corrected chi connectivity index (χ4v) is 2.52. The SMILES string of the molecule is COc1ccc2cc(Cn3cccc(C(=O)O)c3=O)ccc2c1. The Balaban J connectivity index is 1.97. The summed E-state index contributed by atoms with van der Waals surface area (Å²) in [6.45, 7) is 0.321. The first-order chi connectivity index (χ1) is 11.1. The van der Waals surface area contributed by atoms with Gasteiger partial charge in [0.2, 0.25) is 0 Å². The van der Waals surface area contributed by atoms with Gasteiger partial charge in [-0.3, -0.25) is 4.79 Å². The average Bonchev–Trinajstić information content (AvgIpc) is 2.56. The Labute approximate surface area is 132 Å². The number of hydrogen-bond acceptors (Lipinski definition) is 3. The maximum absolute atomic E-state index is 12.1. The zero-order chi connectivity index (χ0) is 16.4. The number of methoxy groups -OCH3 is 1. The number of hydrogen-bond donors (Lipinski definition) is 1. The summed E-state index contributed by atoms with van der Waals surface area (Å²) in [4.78, 5) is 23.2. The van der Waals surface area contributed by atoms with Crippen molar-refractivity contribution in [3.8, 4) is 5.75 Å². The zero-order valence-corrected chi connectivity index (χ0v) is 12.5. The lowest BCUT2D eigenvalue weighted by molar-refractivity contribution is 0.0694. The minimum absolute atomic E-state index is 0.224. The van der Waals surface area contributed by atoms with Crippen molar-refractivity contribution in [2.75, 3.05) is 7.11 Å². The van der Waals surface area contributed by atoms with Gasteiger partial charge in [-0.05, 0) is 46.7 Å². The van der Waals surface area contributed by atoms with E-state index < -0.39 is 11.5 Å². The molecule has 5 heteroatoms. The summed E-state index contributed by atoms with van der Waals surface area (Å²) in [5.74, 6) is -0.425. The standard InChI is InChI=1S/C18H15NO4/c1-23-15-7-6-13-9-12(4-5-14(13)10-15)11-19-8-2-3-16(17(19)20)18(21)22/h2-10H,11H2,1H3,(H,21,22). The third-order valence-electron chi connectivity index (χ3n) is 3.72. The second kappa shape index (κ2) is 5.96. The number of nitrogens with zero attached hydrogens (tertiary/aromatic N) is 1. The number of ether oxygens (including phenoxy) is 1. The van der Waals surface area contributed by atoms with E-state index in [0.29, 0.717) is 6.54 Å². The third-order valence-corrected chi connectivity index (χ3v) is 3.72. The molecule has 0 amide bonds. The number of aromatic nitrogens is 1. The van der Waals surface area contributed by atoms with Crippen LogP contribution < -0.4 is 10.3 Å². The van der Waals surface area contributed by atoms with Crippen molar-refractivity contribution < 1.29 is 14.6 Å². The lowest BCUT2D eigenvalue weighted by Crippen LogP contribution is -2.25. The van der Waals surface area contributed by atoms with E-state index in [0.717, 1.165) is 22.1 Å². The van der Waals surface area contributed by atoms with Gasteiger partial charge in [-0.2, -0.15) is 0 Å². The van der Waals surface area contributed by atoms with Gasteiger partial charge in [0, 0.05) is 6.20 Å². The van der Waals surface area contributed by atoms with Gasteiger partial charge in [0.15, 0.2) is 0 Å². The van der Waals surface area contributed by atoms with Crippen LogP contribution in [0, 0.1) is 0 Å².